The molecule has 82 valence electrons. The van der Waals surface area contributed by atoms with Gasteiger partial charge in [0, 0.05) is 20.1 Å². The molecule has 0 aliphatic heterocycles. The number of hydrazine groups is 1. The quantitative estimate of drug-likeness (QED) is 0.285. The highest BCUT2D eigenvalue weighted by atomic mass is 15.4. The SMILES string of the molecule is CN=C(NN)N(C)C1CCCC(C)C1. The smallest absolute Gasteiger partial charge is 0.208 e. The second kappa shape index (κ2) is 5.20. The molecule has 0 radical (unpaired) electrons. The van der Waals surface area contributed by atoms with Crippen LogP contribution in [0.4, 0.5) is 0 Å². The van der Waals surface area contributed by atoms with Crippen LogP contribution < -0.4 is 11.3 Å². The Morgan fingerprint density at radius 2 is 2.21 bits per heavy atom. The maximum absolute atomic E-state index is 5.40. The van der Waals surface area contributed by atoms with Crippen LogP contribution in [-0.2, 0) is 0 Å². The summed E-state index contributed by atoms with van der Waals surface area (Å²) in [6.07, 6.45) is 5.18. The van der Waals surface area contributed by atoms with E-state index in [1.165, 1.54) is 25.7 Å². The van der Waals surface area contributed by atoms with Gasteiger partial charge in [-0.3, -0.25) is 10.4 Å². The Balaban J connectivity index is 2.54. The molecule has 4 nitrogen and oxygen atoms in total. The van der Waals surface area contributed by atoms with E-state index in [0.717, 1.165) is 11.9 Å². The number of rotatable bonds is 1. The molecule has 2 unspecified atom stereocenters. The van der Waals surface area contributed by atoms with E-state index in [9.17, 15) is 0 Å². The van der Waals surface area contributed by atoms with Crippen molar-refractivity contribution < 1.29 is 0 Å². The van der Waals surface area contributed by atoms with Crippen LogP contribution in [0.25, 0.3) is 0 Å². The van der Waals surface area contributed by atoms with Crippen molar-refractivity contribution in [3.05, 3.63) is 0 Å². The number of nitrogens with one attached hydrogen (secondary N) is 1. The van der Waals surface area contributed by atoms with Gasteiger partial charge in [-0.25, -0.2) is 5.84 Å². The molecule has 4 heteroatoms. The number of hydrogen-bond donors (Lipinski definition) is 2. The normalized spacial score (nSPS) is 28.7. The van der Waals surface area contributed by atoms with Crippen LogP contribution in [0, 0.1) is 5.92 Å². The Labute approximate surface area is 86.5 Å². The summed E-state index contributed by atoms with van der Waals surface area (Å²) in [7, 11) is 3.82. The van der Waals surface area contributed by atoms with E-state index in [0.29, 0.717) is 6.04 Å². The van der Waals surface area contributed by atoms with Crippen molar-refractivity contribution >= 4 is 5.96 Å². The Bertz CT molecular complexity index is 202. The highest BCUT2D eigenvalue weighted by molar-refractivity contribution is 5.79. The first-order valence-corrected chi connectivity index (χ1v) is 5.35. The molecule has 1 saturated carbocycles. The molecule has 0 spiro atoms. The van der Waals surface area contributed by atoms with Crippen LogP contribution >= 0.6 is 0 Å². The summed E-state index contributed by atoms with van der Waals surface area (Å²) in [5.74, 6) is 7.01. The van der Waals surface area contributed by atoms with Gasteiger partial charge in [-0.1, -0.05) is 19.8 Å². The lowest BCUT2D eigenvalue weighted by molar-refractivity contribution is 0.227. The summed E-state index contributed by atoms with van der Waals surface area (Å²) >= 11 is 0. The van der Waals surface area contributed by atoms with Crippen molar-refractivity contribution in [3.63, 3.8) is 0 Å². The monoisotopic (exact) mass is 198 g/mol. The molecule has 3 N–H and O–H groups in total. The molecule has 0 aromatic heterocycles. The van der Waals surface area contributed by atoms with Gasteiger partial charge in [0.15, 0.2) is 0 Å². The van der Waals surface area contributed by atoms with Crippen LogP contribution in [0.1, 0.15) is 32.6 Å². The summed E-state index contributed by atoms with van der Waals surface area (Å²) in [6.45, 7) is 2.32. The number of aliphatic imine (C=N–C) groups is 1. The van der Waals surface area contributed by atoms with E-state index in [4.69, 9.17) is 5.84 Å². The first-order valence-electron chi connectivity index (χ1n) is 5.35. The van der Waals surface area contributed by atoms with Crippen LogP contribution in [0.2, 0.25) is 0 Å². The van der Waals surface area contributed by atoms with Crippen molar-refractivity contribution in [1.29, 1.82) is 0 Å². The Hall–Kier alpha value is -0.770. The van der Waals surface area contributed by atoms with E-state index in [1.54, 1.807) is 7.05 Å². The fourth-order valence-corrected chi connectivity index (χ4v) is 2.25. The van der Waals surface area contributed by atoms with Crippen molar-refractivity contribution in [3.8, 4) is 0 Å². The van der Waals surface area contributed by atoms with E-state index in [1.807, 2.05) is 0 Å². The zero-order chi connectivity index (χ0) is 10.6. The lowest BCUT2D eigenvalue weighted by Crippen LogP contribution is -2.48. The molecule has 0 saturated heterocycles. The molecule has 0 bridgehead atoms. The van der Waals surface area contributed by atoms with Crippen LogP contribution in [0.15, 0.2) is 4.99 Å². The van der Waals surface area contributed by atoms with Gasteiger partial charge in [-0.05, 0) is 18.8 Å². The van der Waals surface area contributed by atoms with Gasteiger partial charge < -0.3 is 4.90 Å². The minimum atomic E-state index is 0.591. The third-order valence-corrected chi connectivity index (χ3v) is 3.13. The molecule has 0 amide bonds. The lowest BCUT2D eigenvalue weighted by atomic mass is 9.86. The van der Waals surface area contributed by atoms with E-state index < -0.39 is 0 Å². The third kappa shape index (κ3) is 2.61. The molecular weight excluding hydrogens is 176 g/mol. The van der Waals surface area contributed by atoms with Crippen molar-refractivity contribution in [2.75, 3.05) is 14.1 Å². The number of guanidine groups is 1. The van der Waals surface area contributed by atoms with Gasteiger partial charge in [-0.2, -0.15) is 0 Å². The number of nitrogens with zero attached hydrogens (tertiary/aromatic N) is 2. The summed E-state index contributed by atoms with van der Waals surface area (Å²) < 4.78 is 0. The highest BCUT2D eigenvalue weighted by Crippen LogP contribution is 2.26. The van der Waals surface area contributed by atoms with Gasteiger partial charge in [0.1, 0.15) is 0 Å². The predicted molar refractivity (Wildman–Crippen MR) is 59.9 cm³/mol. The Kier molecular flexibility index (Phi) is 4.20. The van der Waals surface area contributed by atoms with Crippen molar-refractivity contribution in [1.82, 2.24) is 10.3 Å². The molecule has 14 heavy (non-hydrogen) atoms. The largest absolute Gasteiger partial charge is 0.342 e. The zero-order valence-electron chi connectivity index (χ0n) is 9.45. The van der Waals surface area contributed by atoms with Gasteiger partial charge >= 0.3 is 0 Å². The number of nitrogens with two attached hydrogens (primary N) is 1. The van der Waals surface area contributed by atoms with Crippen LogP contribution in [-0.4, -0.2) is 31.0 Å². The number of hydrogen-bond acceptors (Lipinski definition) is 2. The van der Waals surface area contributed by atoms with E-state index in [-0.39, 0.29) is 0 Å². The maximum atomic E-state index is 5.40. The topological polar surface area (TPSA) is 53.6 Å². The molecular formula is C10H22N4. The molecule has 1 aliphatic carbocycles. The second-order valence-corrected chi connectivity index (χ2v) is 4.23. The average Bonchev–Trinajstić information content (AvgIpc) is 2.19. The second-order valence-electron chi connectivity index (χ2n) is 4.23. The highest BCUT2D eigenvalue weighted by Gasteiger charge is 2.23. The maximum Gasteiger partial charge on any atom is 0.208 e. The minimum Gasteiger partial charge on any atom is -0.342 e. The first-order chi connectivity index (χ1) is 6.69. The molecule has 1 aliphatic rings. The summed E-state index contributed by atoms with van der Waals surface area (Å²) in [5, 5.41) is 0. The fraction of sp³-hybridized carbons (Fsp3) is 0.900. The molecule has 0 aromatic rings. The Morgan fingerprint density at radius 1 is 1.50 bits per heavy atom. The van der Waals surface area contributed by atoms with Gasteiger partial charge in [0.25, 0.3) is 0 Å². The first kappa shape index (κ1) is 11.3. The van der Waals surface area contributed by atoms with Crippen LogP contribution in [0.3, 0.4) is 0 Å². The summed E-state index contributed by atoms with van der Waals surface area (Å²) in [4.78, 5) is 6.28. The average molecular weight is 198 g/mol. The lowest BCUT2D eigenvalue weighted by Gasteiger charge is -2.35. The third-order valence-electron chi connectivity index (χ3n) is 3.13. The molecule has 2 atom stereocenters. The predicted octanol–water partition coefficient (Wildman–Crippen LogP) is 0.946. The van der Waals surface area contributed by atoms with E-state index >= 15 is 0 Å². The molecule has 1 rings (SSSR count). The Morgan fingerprint density at radius 3 is 2.71 bits per heavy atom. The van der Waals surface area contributed by atoms with Crippen molar-refractivity contribution in [2.45, 2.75) is 38.6 Å². The molecule has 0 aromatic carbocycles. The fourth-order valence-electron chi connectivity index (χ4n) is 2.25. The summed E-state index contributed by atoms with van der Waals surface area (Å²) in [6, 6.07) is 0.591. The standard InChI is InChI=1S/C10H22N4/c1-8-5-4-6-9(7-8)14(3)10(12-2)13-11/h8-9H,4-7,11H2,1-3H3,(H,12,13). The van der Waals surface area contributed by atoms with Gasteiger partial charge in [-0.15, -0.1) is 0 Å². The van der Waals surface area contributed by atoms with Crippen molar-refractivity contribution in [2.24, 2.45) is 16.8 Å². The van der Waals surface area contributed by atoms with Gasteiger partial charge in [0.05, 0.1) is 0 Å². The van der Waals surface area contributed by atoms with E-state index in [2.05, 4.69) is 29.3 Å². The minimum absolute atomic E-state index is 0.591. The summed E-state index contributed by atoms with van der Waals surface area (Å²) in [5.41, 5.74) is 2.64. The van der Waals surface area contributed by atoms with Crippen LogP contribution in [0.5, 0.6) is 0 Å². The molecule has 0 heterocycles. The molecule has 1 fully saturated rings. The zero-order valence-corrected chi connectivity index (χ0v) is 9.45. The van der Waals surface area contributed by atoms with Gasteiger partial charge in [0.2, 0.25) is 5.96 Å².